The number of nitrogens with zero attached hydrogens (tertiary/aromatic N) is 3. The lowest BCUT2D eigenvalue weighted by atomic mass is 10.2. The van der Waals surface area contributed by atoms with Crippen LogP contribution in [0.1, 0.15) is 10.5 Å². The van der Waals surface area contributed by atoms with Crippen molar-refractivity contribution in [2.45, 2.75) is 6.10 Å². The highest BCUT2D eigenvalue weighted by atomic mass is 35.5. The smallest absolute Gasteiger partial charge is 0.293 e. The fourth-order valence-corrected chi connectivity index (χ4v) is 2.68. The number of aryl methyl sites for hydroxylation is 1. The van der Waals surface area contributed by atoms with E-state index in [9.17, 15) is 9.59 Å². The number of amides is 1. The fourth-order valence-electron chi connectivity index (χ4n) is 2.52. The molecule has 0 bridgehead atoms. The van der Waals surface area contributed by atoms with Crippen molar-refractivity contribution in [3.8, 4) is 0 Å². The Labute approximate surface area is 143 Å². The summed E-state index contributed by atoms with van der Waals surface area (Å²) in [4.78, 5) is 32.9. The number of anilines is 1. The van der Waals surface area contributed by atoms with Crippen LogP contribution in [0.2, 0.25) is 5.02 Å². The molecule has 2 N–H and O–H groups in total. The van der Waals surface area contributed by atoms with Gasteiger partial charge in [-0.15, -0.1) is 0 Å². The van der Waals surface area contributed by atoms with Crippen molar-refractivity contribution in [3.05, 3.63) is 45.7 Å². The Hall–Kier alpha value is -2.32. The molecule has 2 aromatic rings. The van der Waals surface area contributed by atoms with E-state index in [0.717, 1.165) is 0 Å². The molecule has 9 heteroatoms. The number of hydrogen-bond acceptors (Lipinski definition) is 5. The second-order valence-corrected chi connectivity index (χ2v) is 5.98. The van der Waals surface area contributed by atoms with Gasteiger partial charge >= 0.3 is 0 Å². The van der Waals surface area contributed by atoms with Crippen molar-refractivity contribution in [1.82, 2.24) is 19.4 Å². The summed E-state index contributed by atoms with van der Waals surface area (Å²) in [7, 11) is 1.66. The molecule has 8 nitrogen and oxygen atoms in total. The maximum Gasteiger partial charge on any atom is 0.293 e. The molecule has 0 unspecified atom stereocenters. The van der Waals surface area contributed by atoms with Crippen molar-refractivity contribution < 1.29 is 9.53 Å². The first-order valence-corrected chi connectivity index (χ1v) is 7.92. The maximum absolute atomic E-state index is 12.4. The maximum atomic E-state index is 12.4. The first kappa shape index (κ1) is 16.5. The number of nitrogens with one attached hydrogen (secondary N) is 2. The summed E-state index contributed by atoms with van der Waals surface area (Å²) < 4.78 is 7.11. The Bertz CT molecular complexity index is 787. The van der Waals surface area contributed by atoms with Crippen LogP contribution in [-0.4, -0.2) is 57.7 Å². The van der Waals surface area contributed by atoms with Gasteiger partial charge in [0.15, 0.2) is 5.82 Å². The molecular formula is C15H18ClN5O3. The minimum absolute atomic E-state index is 0.121. The monoisotopic (exact) mass is 351 g/mol. The fraction of sp³-hybridized carbons (Fsp3) is 0.400. The van der Waals surface area contributed by atoms with Gasteiger partial charge in [0.25, 0.3) is 11.5 Å². The number of carbonyl (C=O) groups is 1. The highest BCUT2D eigenvalue weighted by molar-refractivity contribution is 6.30. The van der Waals surface area contributed by atoms with Crippen LogP contribution in [0.3, 0.4) is 0 Å². The van der Waals surface area contributed by atoms with Crippen molar-refractivity contribution in [3.63, 3.8) is 0 Å². The van der Waals surface area contributed by atoms with Crippen LogP contribution in [0.4, 0.5) is 5.82 Å². The molecule has 3 heterocycles. The largest absolute Gasteiger partial charge is 0.373 e. The molecule has 1 atom stereocenters. The Morgan fingerprint density at radius 2 is 2.42 bits per heavy atom. The molecule has 1 amide bonds. The number of halogens is 1. The molecule has 3 rings (SSSR count). The van der Waals surface area contributed by atoms with E-state index in [1.165, 1.54) is 4.57 Å². The van der Waals surface area contributed by atoms with Gasteiger partial charge in [-0.05, 0) is 6.07 Å². The molecule has 0 aliphatic carbocycles. The lowest BCUT2D eigenvalue weighted by Gasteiger charge is -2.32. The predicted octanol–water partition coefficient (Wildman–Crippen LogP) is 0.715. The molecule has 1 fully saturated rings. The Balaban J connectivity index is 1.60. The van der Waals surface area contributed by atoms with Gasteiger partial charge in [-0.3, -0.25) is 9.59 Å². The summed E-state index contributed by atoms with van der Waals surface area (Å²) in [6.07, 6.45) is 4.49. The van der Waals surface area contributed by atoms with E-state index in [1.807, 2.05) is 0 Å². The third kappa shape index (κ3) is 3.60. The Morgan fingerprint density at radius 1 is 1.58 bits per heavy atom. The summed E-state index contributed by atoms with van der Waals surface area (Å²) in [5.74, 6) is 0.146. The summed E-state index contributed by atoms with van der Waals surface area (Å²) in [6, 6.07) is 1.60. The molecule has 0 saturated carbocycles. The first-order valence-electron chi connectivity index (χ1n) is 7.55. The average Bonchev–Trinajstić information content (AvgIpc) is 3.02. The zero-order valence-electron chi connectivity index (χ0n) is 13.2. The second-order valence-electron chi connectivity index (χ2n) is 5.55. The van der Waals surface area contributed by atoms with Gasteiger partial charge in [-0.25, -0.2) is 4.98 Å². The number of carbonyl (C=O) groups excluding carboxylic acids is 1. The van der Waals surface area contributed by atoms with E-state index in [-0.39, 0.29) is 23.4 Å². The van der Waals surface area contributed by atoms with Gasteiger partial charge in [0, 0.05) is 45.3 Å². The van der Waals surface area contributed by atoms with Crippen molar-refractivity contribution >= 4 is 23.3 Å². The number of H-pyrrole nitrogens is 1. The molecule has 2 aromatic heterocycles. The minimum Gasteiger partial charge on any atom is -0.373 e. The van der Waals surface area contributed by atoms with Gasteiger partial charge < -0.3 is 24.5 Å². The van der Waals surface area contributed by atoms with Crippen molar-refractivity contribution in [2.75, 3.05) is 31.6 Å². The minimum atomic E-state index is -0.222. The van der Waals surface area contributed by atoms with Gasteiger partial charge in [0.1, 0.15) is 5.69 Å². The quantitative estimate of drug-likeness (QED) is 0.846. The zero-order chi connectivity index (χ0) is 17.1. The number of rotatable bonds is 4. The van der Waals surface area contributed by atoms with Crippen LogP contribution in [0, 0.1) is 0 Å². The highest BCUT2D eigenvalue weighted by Gasteiger charge is 2.26. The number of aromatic nitrogens is 3. The first-order chi connectivity index (χ1) is 11.5. The highest BCUT2D eigenvalue weighted by Crippen LogP contribution is 2.14. The number of hydrogen-bond donors (Lipinski definition) is 2. The van der Waals surface area contributed by atoms with Crippen LogP contribution < -0.4 is 10.9 Å². The third-order valence-electron chi connectivity index (χ3n) is 3.82. The van der Waals surface area contributed by atoms with E-state index >= 15 is 0 Å². The molecule has 1 aliphatic rings. The normalized spacial score (nSPS) is 17.8. The molecule has 0 spiro atoms. The second kappa shape index (κ2) is 7.06. The zero-order valence-corrected chi connectivity index (χ0v) is 13.9. The predicted molar refractivity (Wildman–Crippen MR) is 89.4 cm³/mol. The molecule has 1 saturated heterocycles. The molecule has 1 aliphatic heterocycles. The number of ether oxygens (including phenoxy) is 1. The van der Waals surface area contributed by atoms with Crippen LogP contribution in [0.25, 0.3) is 0 Å². The van der Waals surface area contributed by atoms with Crippen LogP contribution in [0.5, 0.6) is 0 Å². The van der Waals surface area contributed by atoms with E-state index in [0.29, 0.717) is 37.0 Å². The summed E-state index contributed by atoms with van der Waals surface area (Å²) >= 11 is 5.84. The summed E-state index contributed by atoms with van der Waals surface area (Å²) in [5.41, 5.74) is 0.245. The third-order valence-corrected chi connectivity index (χ3v) is 4.04. The Morgan fingerprint density at radius 3 is 3.17 bits per heavy atom. The molecule has 0 aromatic carbocycles. The molecule has 128 valence electrons. The topological polar surface area (TPSA) is 92.2 Å². The van der Waals surface area contributed by atoms with E-state index in [1.54, 1.807) is 36.6 Å². The van der Waals surface area contributed by atoms with Gasteiger partial charge in [0.2, 0.25) is 0 Å². The Kier molecular flexibility index (Phi) is 4.86. The van der Waals surface area contributed by atoms with Gasteiger partial charge in [-0.2, -0.15) is 0 Å². The standard InChI is InChI=1S/C15H18ClN5O3/c1-20-3-2-17-13(15(20)23)19-8-11-9-21(4-5-24-11)14(22)12-6-10(16)7-18-12/h2-3,6-7,11,18H,4-5,8-9H2,1H3,(H,17,19)/t11-/m0/s1. The molecule has 0 radical (unpaired) electrons. The van der Waals surface area contributed by atoms with Crippen molar-refractivity contribution in [2.24, 2.45) is 7.05 Å². The number of morpholine rings is 1. The van der Waals surface area contributed by atoms with E-state index in [2.05, 4.69) is 15.3 Å². The summed E-state index contributed by atoms with van der Waals surface area (Å²) in [5, 5.41) is 3.49. The van der Waals surface area contributed by atoms with Crippen LogP contribution in [-0.2, 0) is 11.8 Å². The van der Waals surface area contributed by atoms with E-state index < -0.39 is 0 Å². The summed E-state index contributed by atoms with van der Waals surface area (Å²) in [6.45, 7) is 1.77. The average molecular weight is 352 g/mol. The lowest BCUT2D eigenvalue weighted by Crippen LogP contribution is -2.48. The van der Waals surface area contributed by atoms with Crippen LogP contribution in [0.15, 0.2) is 29.5 Å². The van der Waals surface area contributed by atoms with Gasteiger partial charge in [0.05, 0.1) is 17.7 Å². The van der Waals surface area contributed by atoms with E-state index in [4.69, 9.17) is 16.3 Å². The molecular weight excluding hydrogens is 334 g/mol. The van der Waals surface area contributed by atoms with Crippen LogP contribution >= 0.6 is 11.6 Å². The van der Waals surface area contributed by atoms with Crippen molar-refractivity contribution in [1.29, 1.82) is 0 Å². The molecule has 24 heavy (non-hydrogen) atoms. The number of aromatic amines is 1. The van der Waals surface area contributed by atoms with Gasteiger partial charge in [-0.1, -0.05) is 11.6 Å². The SMILES string of the molecule is Cn1ccnc(NC[C@H]2CN(C(=O)c3cc(Cl)c[nH]3)CCO2)c1=O. The lowest BCUT2D eigenvalue weighted by molar-refractivity contribution is -0.0151.